The molecule has 6 nitrogen and oxygen atoms in total. The number of carbonyl (C=O) groups is 2. The number of hydrogen-bond acceptors (Lipinski definition) is 6. The van der Waals surface area contributed by atoms with Gasteiger partial charge in [-0.05, 0) is 55.8 Å². The summed E-state index contributed by atoms with van der Waals surface area (Å²) < 4.78 is 11.0. The first kappa shape index (κ1) is 26.7. The van der Waals surface area contributed by atoms with Crippen LogP contribution in [0.1, 0.15) is 62.7 Å². The molecule has 2 rings (SSSR count). The maximum Gasteiger partial charge on any atom is 0.187 e. The Labute approximate surface area is 203 Å². The third kappa shape index (κ3) is 9.94. The summed E-state index contributed by atoms with van der Waals surface area (Å²) in [7, 11) is 1.58. The summed E-state index contributed by atoms with van der Waals surface area (Å²) in [5.41, 5.74) is 2.03. The molecule has 182 valence electrons. The molecule has 0 aliphatic carbocycles. The average Bonchev–Trinajstić information content (AvgIpc) is 2.84. The van der Waals surface area contributed by atoms with Gasteiger partial charge in [0.1, 0.15) is 11.5 Å². The summed E-state index contributed by atoms with van der Waals surface area (Å²) >= 11 is 0. The number of nitrogens with one attached hydrogen (secondary N) is 2. The van der Waals surface area contributed by atoms with Gasteiger partial charge in [-0.15, -0.1) is 0 Å². The predicted octanol–water partition coefficient (Wildman–Crippen LogP) is 6.76. The number of anilines is 2. The van der Waals surface area contributed by atoms with Crippen LogP contribution in [-0.4, -0.2) is 25.3 Å². The average molecular weight is 465 g/mol. The van der Waals surface area contributed by atoms with Gasteiger partial charge < -0.3 is 20.1 Å². The van der Waals surface area contributed by atoms with E-state index in [0.717, 1.165) is 17.9 Å². The predicted molar refractivity (Wildman–Crippen MR) is 139 cm³/mol. The van der Waals surface area contributed by atoms with Gasteiger partial charge in [0.05, 0.1) is 25.1 Å². The molecule has 2 aromatic carbocycles. The summed E-state index contributed by atoms with van der Waals surface area (Å²) in [5, 5.41) is 6.16. The van der Waals surface area contributed by atoms with Crippen molar-refractivity contribution in [2.45, 2.75) is 52.4 Å². The number of carbonyl (C=O) groups excluding carboxylic acids is 2. The van der Waals surface area contributed by atoms with Crippen molar-refractivity contribution >= 4 is 22.9 Å². The van der Waals surface area contributed by atoms with Crippen LogP contribution < -0.4 is 20.1 Å². The van der Waals surface area contributed by atoms with Gasteiger partial charge in [0, 0.05) is 30.1 Å². The van der Waals surface area contributed by atoms with Crippen LogP contribution in [0.15, 0.2) is 67.0 Å². The molecule has 0 amide bonds. The molecule has 2 N–H and O–H groups in total. The summed E-state index contributed by atoms with van der Waals surface area (Å²) in [4.78, 5) is 23.6. The zero-order valence-corrected chi connectivity index (χ0v) is 20.4. The number of hydrogen-bond donors (Lipinski definition) is 2. The molecule has 0 aliphatic rings. The van der Waals surface area contributed by atoms with Crippen molar-refractivity contribution in [2.75, 3.05) is 24.4 Å². The van der Waals surface area contributed by atoms with Gasteiger partial charge in [0.2, 0.25) is 0 Å². The van der Waals surface area contributed by atoms with Crippen molar-refractivity contribution in [3.05, 3.63) is 72.6 Å². The molecule has 34 heavy (non-hydrogen) atoms. The number of methoxy groups -OCH3 is 1. The van der Waals surface area contributed by atoms with E-state index < -0.39 is 0 Å². The fraction of sp³-hybridized carbons (Fsp3) is 0.357. The first-order valence-electron chi connectivity index (χ1n) is 11.9. The second kappa shape index (κ2) is 15.3. The minimum Gasteiger partial charge on any atom is -0.497 e. The SMILES string of the molecule is CCCCCCCCOc1ccc(C(=O)/C=C/Nc2ccc(OC)cc2N/C=C/C(C)=O)cc1. The van der Waals surface area contributed by atoms with Gasteiger partial charge >= 0.3 is 0 Å². The minimum atomic E-state index is -0.116. The van der Waals surface area contributed by atoms with E-state index in [-0.39, 0.29) is 11.6 Å². The van der Waals surface area contributed by atoms with E-state index in [4.69, 9.17) is 9.47 Å². The number of ether oxygens (including phenoxy) is 2. The summed E-state index contributed by atoms with van der Waals surface area (Å²) in [5.74, 6) is 1.27. The Bertz CT molecular complexity index is 965. The van der Waals surface area contributed by atoms with Crippen molar-refractivity contribution in [2.24, 2.45) is 0 Å². The molecular formula is C28H36N2O4. The monoisotopic (exact) mass is 464 g/mol. The Hall–Kier alpha value is -3.54. The highest BCUT2D eigenvalue weighted by Gasteiger charge is 2.05. The van der Waals surface area contributed by atoms with E-state index in [0.29, 0.717) is 23.6 Å². The van der Waals surface area contributed by atoms with Gasteiger partial charge in [0.25, 0.3) is 0 Å². The lowest BCUT2D eigenvalue weighted by Gasteiger charge is -2.11. The molecule has 0 radical (unpaired) electrons. The Kier molecular flexibility index (Phi) is 12.0. The second-order valence-electron chi connectivity index (χ2n) is 7.98. The number of benzene rings is 2. The van der Waals surface area contributed by atoms with Crippen molar-refractivity contribution in [3.8, 4) is 11.5 Å². The summed E-state index contributed by atoms with van der Waals surface area (Å²) in [6.07, 6.45) is 13.4. The lowest BCUT2D eigenvalue weighted by atomic mass is 10.1. The Morgan fingerprint density at radius 3 is 2.18 bits per heavy atom. The second-order valence-corrected chi connectivity index (χ2v) is 7.98. The van der Waals surface area contributed by atoms with Gasteiger partial charge in [-0.2, -0.15) is 0 Å². The normalized spacial score (nSPS) is 11.0. The van der Waals surface area contributed by atoms with Gasteiger partial charge in [-0.3, -0.25) is 9.59 Å². The highest BCUT2D eigenvalue weighted by molar-refractivity contribution is 6.04. The van der Waals surface area contributed by atoms with Crippen molar-refractivity contribution in [1.82, 2.24) is 0 Å². The fourth-order valence-corrected chi connectivity index (χ4v) is 3.24. The van der Waals surface area contributed by atoms with E-state index in [1.54, 1.807) is 37.7 Å². The van der Waals surface area contributed by atoms with Crippen molar-refractivity contribution in [1.29, 1.82) is 0 Å². The zero-order chi connectivity index (χ0) is 24.6. The van der Waals surface area contributed by atoms with Crippen molar-refractivity contribution in [3.63, 3.8) is 0 Å². The highest BCUT2D eigenvalue weighted by atomic mass is 16.5. The molecule has 0 atom stereocenters. The van der Waals surface area contributed by atoms with E-state index in [1.165, 1.54) is 51.2 Å². The minimum absolute atomic E-state index is 0.0609. The third-order valence-corrected chi connectivity index (χ3v) is 5.16. The van der Waals surface area contributed by atoms with E-state index in [9.17, 15) is 9.59 Å². The molecule has 0 aromatic heterocycles. The van der Waals surface area contributed by atoms with Crippen LogP contribution in [0.4, 0.5) is 11.4 Å². The first-order valence-corrected chi connectivity index (χ1v) is 11.9. The Morgan fingerprint density at radius 2 is 1.47 bits per heavy atom. The number of unbranched alkanes of at least 4 members (excludes halogenated alkanes) is 5. The molecule has 0 bridgehead atoms. The summed E-state index contributed by atoms with van der Waals surface area (Å²) in [6.45, 7) is 4.39. The highest BCUT2D eigenvalue weighted by Crippen LogP contribution is 2.27. The molecule has 0 aliphatic heterocycles. The Balaban J connectivity index is 1.87. The van der Waals surface area contributed by atoms with E-state index in [2.05, 4.69) is 17.6 Å². The van der Waals surface area contributed by atoms with Crippen LogP contribution in [0.25, 0.3) is 0 Å². The third-order valence-electron chi connectivity index (χ3n) is 5.16. The molecule has 2 aromatic rings. The largest absolute Gasteiger partial charge is 0.497 e. The number of rotatable bonds is 16. The zero-order valence-electron chi connectivity index (χ0n) is 20.4. The van der Waals surface area contributed by atoms with Gasteiger partial charge in [-0.1, -0.05) is 39.0 Å². The van der Waals surface area contributed by atoms with Crippen LogP contribution in [0.3, 0.4) is 0 Å². The van der Waals surface area contributed by atoms with Crippen LogP contribution >= 0.6 is 0 Å². The smallest absolute Gasteiger partial charge is 0.187 e. The molecule has 0 fully saturated rings. The van der Waals surface area contributed by atoms with Crippen LogP contribution in [0.5, 0.6) is 11.5 Å². The molecule has 0 saturated carbocycles. The van der Waals surface area contributed by atoms with Crippen LogP contribution in [-0.2, 0) is 4.79 Å². The fourth-order valence-electron chi connectivity index (χ4n) is 3.24. The first-order chi connectivity index (χ1) is 16.5. The topological polar surface area (TPSA) is 76.7 Å². The number of ketones is 2. The van der Waals surface area contributed by atoms with E-state index in [1.807, 2.05) is 24.3 Å². The maximum atomic E-state index is 12.5. The quantitative estimate of drug-likeness (QED) is 0.162. The number of allylic oxidation sites excluding steroid dienone is 2. The van der Waals surface area contributed by atoms with Crippen LogP contribution in [0.2, 0.25) is 0 Å². The molecule has 6 heteroatoms. The molecule has 0 unspecified atom stereocenters. The lowest BCUT2D eigenvalue weighted by molar-refractivity contribution is -0.112. The van der Waals surface area contributed by atoms with Gasteiger partial charge in [0.15, 0.2) is 11.6 Å². The Morgan fingerprint density at radius 1 is 0.824 bits per heavy atom. The maximum absolute atomic E-state index is 12.5. The lowest BCUT2D eigenvalue weighted by Crippen LogP contribution is -2.00. The van der Waals surface area contributed by atoms with Gasteiger partial charge in [-0.25, -0.2) is 0 Å². The molecule has 0 saturated heterocycles. The molecule has 0 spiro atoms. The van der Waals surface area contributed by atoms with Crippen molar-refractivity contribution < 1.29 is 19.1 Å². The molecule has 0 heterocycles. The van der Waals surface area contributed by atoms with E-state index >= 15 is 0 Å². The van der Waals surface area contributed by atoms with Crippen LogP contribution in [0, 0.1) is 0 Å². The molecular weight excluding hydrogens is 428 g/mol. The standard InChI is InChI=1S/C28H36N2O4/c1-4-5-6-7-8-9-20-34-24-12-10-23(11-13-24)28(32)17-19-29-26-15-14-25(33-3)21-27(26)30-18-16-22(2)31/h10-19,21,29-30H,4-9,20H2,1-3H3/b18-16+,19-17+. The summed E-state index contributed by atoms with van der Waals surface area (Å²) in [6, 6.07) is 12.6.